The van der Waals surface area contributed by atoms with Gasteiger partial charge in [0.15, 0.2) is 0 Å². The first-order valence-electron chi connectivity index (χ1n) is 3.58. The molecule has 0 bridgehead atoms. The number of nitrogens with one attached hydrogen (secondary N) is 1. The summed E-state index contributed by atoms with van der Waals surface area (Å²) in [5.74, 6) is -0.178. The van der Waals surface area contributed by atoms with Crippen LogP contribution in [0, 0.1) is 0 Å². The minimum atomic E-state index is -0.898. The predicted molar refractivity (Wildman–Crippen MR) is 40.1 cm³/mol. The lowest BCUT2D eigenvalue weighted by atomic mass is 10.0. The monoisotopic (exact) mass is 173 g/mol. The number of carbonyl (C=O) groups excluding carboxylic acids is 2. The molecule has 6 nitrogen and oxygen atoms in total. The SMILES string of the molecule is NC(=O)OC1CC(=O)NCC1N. The molecular weight excluding hydrogens is 162 g/mol. The lowest BCUT2D eigenvalue weighted by Gasteiger charge is -2.27. The van der Waals surface area contributed by atoms with Gasteiger partial charge in [0, 0.05) is 6.54 Å². The molecule has 0 spiro atoms. The Morgan fingerprint density at radius 3 is 2.92 bits per heavy atom. The minimum absolute atomic E-state index is 0.0874. The van der Waals surface area contributed by atoms with Gasteiger partial charge in [0.05, 0.1) is 12.5 Å². The van der Waals surface area contributed by atoms with Gasteiger partial charge in [-0.3, -0.25) is 4.79 Å². The highest BCUT2D eigenvalue weighted by molar-refractivity contribution is 5.78. The highest BCUT2D eigenvalue weighted by Gasteiger charge is 2.28. The van der Waals surface area contributed by atoms with E-state index in [0.717, 1.165) is 0 Å². The lowest BCUT2D eigenvalue weighted by molar-refractivity contribution is -0.125. The molecule has 1 aliphatic heterocycles. The van der Waals surface area contributed by atoms with E-state index in [1.54, 1.807) is 0 Å². The fourth-order valence-corrected chi connectivity index (χ4v) is 1.05. The number of piperidine rings is 1. The van der Waals surface area contributed by atoms with Crippen molar-refractivity contribution < 1.29 is 14.3 Å². The summed E-state index contributed by atoms with van der Waals surface area (Å²) in [6.07, 6.45) is -1.40. The number of hydrogen-bond acceptors (Lipinski definition) is 4. The fourth-order valence-electron chi connectivity index (χ4n) is 1.05. The number of primary amides is 1. The van der Waals surface area contributed by atoms with Gasteiger partial charge < -0.3 is 21.5 Å². The zero-order chi connectivity index (χ0) is 9.14. The van der Waals surface area contributed by atoms with Gasteiger partial charge in [-0.15, -0.1) is 0 Å². The van der Waals surface area contributed by atoms with Crippen molar-refractivity contribution >= 4 is 12.0 Å². The Bertz CT molecular complexity index is 204. The molecule has 0 aliphatic carbocycles. The summed E-state index contributed by atoms with van der Waals surface area (Å²) in [4.78, 5) is 21.1. The first-order valence-corrected chi connectivity index (χ1v) is 3.58. The van der Waals surface area contributed by atoms with E-state index in [-0.39, 0.29) is 18.4 Å². The minimum Gasteiger partial charge on any atom is -0.444 e. The molecule has 2 amide bonds. The van der Waals surface area contributed by atoms with E-state index in [4.69, 9.17) is 11.5 Å². The highest BCUT2D eigenvalue weighted by atomic mass is 16.6. The largest absolute Gasteiger partial charge is 0.444 e. The number of rotatable bonds is 1. The van der Waals surface area contributed by atoms with Crippen molar-refractivity contribution in [1.29, 1.82) is 0 Å². The van der Waals surface area contributed by atoms with Gasteiger partial charge in [-0.05, 0) is 0 Å². The van der Waals surface area contributed by atoms with Crippen molar-refractivity contribution in [3.05, 3.63) is 0 Å². The van der Waals surface area contributed by atoms with Crippen LogP contribution in [0.15, 0.2) is 0 Å². The van der Waals surface area contributed by atoms with Crippen LogP contribution in [-0.4, -0.2) is 30.7 Å². The third-order valence-electron chi connectivity index (χ3n) is 1.67. The highest BCUT2D eigenvalue weighted by Crippen LogP contribution is 2.06. The second-order valence-corrected chi connectivity index (χ2v) is 2.65. The van der Waals surface area contributed by atoms with Gasteiger partial charge in [0.2, 0.25) is 5.91 Å². The number of hydrogen-bond donors (Lipinski definition) is 3. The molecule has 1 aliphatic rings. The van der Waals surface area contributed by atoms with Gasteiger partial charge in [-0.1, -0.05) is 0 Å². The molecule has 5 N–H and O–H groups in total. The third kappa shape index (κ3) is 2.09. The Balaban J connectivity index is 2.49. The topological polar surface area (TPSA) is 107 Å². The zero-order valence-corrected chi connectivity index (χ0v) is 6.45. The van der Waals surface area contributed by atoms with Crippen molar-refractivity contribution in [3.63, 3.8) is 0 Å². The Morgan fingerprint density at radius 1 is 1.67 bits per heavy atom. The molecule has 0 aromatic heterocycles. The van der Waals surface area contributed by atoms with Crippen LogP contribution in [0.1, 0.15) is 6.42 Å². The average molecular weight is 173 g/mol. The molecule has 1 saturated heterocycles. The molecule has 0 aromatic rings. The van der Waals surface area contributed by atoms with Gasteiger partial charge in [0.1, 0.15) is 6.10 Å². The summed E-state index contributed by atoms with van der Waals surface area (Å²) in [5.41, 5.74) is 10.3. The van der Waals surface area contributed by atoms with E-state index in [2.05, 4.69) is 10.1 Å². The standard InChI is InChI=1S/C6H11N3O3/c7-3-2-9-5(10)1-4(3)12-6(8)11/h3-4H,1-2,7H2,(H2,8,11)(H,9,10). The Hall–Kier alpha value is -1.30. The number of nitrogens with two attached hydrogens (primary N) is 2. The van der Waals surface area contributed by atoms with Gasteiger partial charge >= 0.3 is 6.09 Å². The Labute approximate surface area is 69.2 Å². The Morgan fingerprint density at radius 2 is 2.33 bits per heavy atom. The quantitative estimate of drug-likeness (QED) is 0.439. The van der Waals surface area contributed by atoms with Gasteiger partial charge in [0.25, 0.3) is 0 Å². The van der Waals surface area contributed by atoms with Gasteiger partial charge in [-0.25, -0.2) is 4.79 Å². The zero-order valence-electron chi connectivity index (χ0n) is 6.45. The van der Waals surface area contributed by atoms with Crippen molar-refractivity contribution in [1.82, 2.24) is 5.32 Å². The van der Waals surface area contributed by atoms with E-state index in [0.29, 0.717) is 6.54 Å². The van der Waals surface area contributed by atoms with E-state index in [9.17, 15) is 9.59 Å². The molecule has 0 saturated carbocycles. The smallest absolute Gasteiger partial charge is 0.404 e. The lowest BCUT2D eigenvalue weighted by Crippen LogP contribution is -2.53. The van der Waals surface area contributed by atoms with Gasteiger partial charge in [-0.2, -0.15) is 0 Å². The summed E-state index contributed by atoms with van der Waals surface area (Å²) in [7, 11) is 0. The predicted octanol–water partition coefficient (Wildman–Crippen LogP) is -1.70. The first kappa shape index (κ1) is 8.79. The summed E-state index contributed by atoms with van der Waals surface area (Å²) in [5, 5.41) is 2.54. The maximum absolute atomic E-state index is 10.8. The second-order valence-electron chi connectivity index (χ2n) is 2.65. The molecule has 1 rings (SSSR count). The molecule has 2 atom stereocenters. The first-order chi connectivity index (χ1) is 5.59. The molecule has 6 heteroatoms. The molecule has 1 fully saturated rings. The van der Waals surface area contributed by atoms with E-state index in [1.165, 1.54) is 0 Å². The summed E-state index contributed by atoms with van der Waals surface area (Å²) in [6.45, 7) is 0.316. The average Bonchev–Trinajstić information content (AvgIpc) is 1.96. The van der Waals surface area contributed by atoms with E-state index >= 15 is 0 Å². The maximum Gasteiger partial charge on any atom is 0.404 e. The van der Waals surface area contributed by atoms with Crippen LogP contribution in [0.25, 0.3) is 0 Å². The number of ether oxygens (including phenoxy) is 1. The van der Waals surface area contributed by atoms with Crippen LogP contribution >= 0.6 is 0 Å². The molecule has 1 heterocycles. The second kappa shape index (κ2) is 3.40. The van der Waals surface area contributed by atoms with Crippen LogP contribution in [0.2, 0.25) is 0 Å². The van der Waals surface area contributed by atoms with Crippen molar-refractivity contribution in [3.8, 4) is 0 Å². The normalized spacial score (nSPS) is 29.2. The number of amides is 2. The molecule has 68 valence electrons. The van der Waals surface area contributed by atoms with Crippen LogP contribution in [0.3, 0.4) is 0 Å². The number of carbonyl (C=O) groups is 2. The Kier molecular flexibility index (Phi) is 2.49. The summed E-state index contributed by atoms with van der Waals surface area (Å²) < 4.78 is 4.63. The van der Waals surface area contributed by atoms with E-state index < -0.39 is 12.2 Å². The van der Waals surface area contributed by atoms with Crippen molar-refractivity contribution in [2.24, 2.45) is 11.5 Å². The molecule has 12 heavy (non-hydrogen) atoms. The molecule has 2 unspecified atom stereocenters. The summed E-state index contributed by atoms with van der Waals surface area (Å²) in [6, 6.07) is -0.366. The third-order valence-corrected chi connectivity index (χ3v) is 1.67. The maximum atomic E-state index is 10.8. The van der Waals surface area contributed by atoms with Crippen molar-refractivity contribution in [2.45, 2.75) is 18.6 Å². The molecule has 0 radical (unpaired) electrons. The van der Waals surface area contributed by atoms with Crippen LogP contribution in [-0.2, 0) is 9.53 Å². The molecular formula is C6H11N3O3. The van der Waals surface area contributed by atoms with E-state index in [1.807, 2.05) is 0 Å². The fraction of sp³-hybridized carbons (Fsp3) is 0.667. The van der Waals surface area contributed by atoms with Crippen LogP contribution in [0.4, 0.5) is 4.79 Å². The van der Waals surface area contributed by atoms with Crippen LogP contribution < -0.4 is 16.8 Å². The summed E-state index contributed by atoms with van der Waals surface area (Å²) >= 11 is 0. The molecule has 0 aromatic carbocycles. The van der Waals surface area contributed by atoms with Crippen molar-refractivity contribution in [2.75, 3.05) is 6.54 Å². The van der Waals surface area contributed by atoms with Crippen LogP contribution in [0.5, 0.6) is 0 Å².